The zero-order chi connectivity index (χ0) is 30.6. The highest BCUT2D eigenvalue weighted by Crippen LogP contribution is 2.37. The van der Waals surface area contributed by atoms with Crippen LogP contribution in [0.1, 0.15) is 75.7 Å². The Hall–Kier alpha value is -3.41. The molecule has 1 aromatic heterocycles. The summed E-state index contributed by atoms with van der Waals surface area (Å²) in [5, 5.41) is 8.72. The number of rotatable bonds is 9. The Labute approximate surface area is 245 Å². The van der Waals surface area contributed by atoms with E-state index in [0.717, 1.165) is 38.5 Å². The largest absolute Gasteiger partial charge is 0.421 e. The Morgan fingerprint density at radius 3 is 2.29 bits per heavy atom. The van der Waals surface area contributed by atoms with E-state index in [-0.39, 0.29) is 41.7 Å². The number of carbonyl (C=O) groups is 2. The maximum atomic E-state index is 13.8. The zero-order valence-corrected chi connectivity index (χ0v) is 25.0. The minimum atomic E-state index is -4.67. The van der Waals surface area contributed by atoms with E-state index in [1.165, 1.54) is 0 Å². The van der Waals surface area contributed by atoms with Crippen molar-refractivity contribution in [1.82, 2.24) is 25.1 Å². The molecule has 3 N–H and O–H groups in total. The number of amides is 2. The fourth-order valence-corrected chi connectivity index (χ4v) is 5.84. The fraction of sp³-hybridized carbons (Fsp3) is 0.600. The smallest absolute Gasteiger partial charge is 0.366 e. The van der Waals surface area contributed by atoms with Gasteiger partial charge in [0, 0.05) is 41.6 Å². The summed E-state index contributed by atoms with van der Waals surface area (Å²) in [5.41, 5.74) is 0.0742. The number of hydrogen-bond donors (Lipinski definition) is 3. The van der Waals surface area contributed by atoms with Crippen molar-refractivity contribution in [3.05, 3.63) is 41.6 Å². The van der Waals surface area contributed by atoms with E-state index in [9.17, 15) is 22.8 Å². The Bertz CT molecular complexity index is 1230. The first-order valence-electron chi connectivity index (χ1n) is 14.7. The number of nitrogens with one attached hydrogen (secondary N) is 3. The summed E-state index contributed by atoms with van der Waals surface area (Å²) in [5.74, 6) is -1.07. The quantitative estimate of drug-likeness (QED) is 0.365. The summed E-state index contributed by atoms with van der Waals surface area (Å²) in [6, 6.07) is 6.47. The van der Waals surface area contributed by atoms with E-state index in [0.29, 0.717) is 24.1 Å². The number of aromatic nitrogens is 2. The highest BCUT2D eigenvalue weighted by atomic mass is 19.4. The molecule has 2 aromatic rings. The van der Waals surface area contributed by atoms with E-state index in [2.05, 4.69) is 37.9 Å². The van der Waals surface area contributed by atoms with Crippen molar-refractivity contribution in [2.75, 3.05) is 30.8 Å². The maximum absolute atomic E-state index is 13.8. The number of halogens is 3. The average molecular weight is 590 g/mol. The molecule has 2 aliphatic rings. The molecule has 1 aromatic carbocycles. The van der Waals surface area contributed by atoms with Crippen LogP contribution in [0.4, 0.5) is 30.6 Å². The molecule has 4 rings (SSSR count). The lowest BCUT2D eigenvalue weighted by molar-refractivity contribution is -0.137. The molecular weight excluding hydrogens is 547 g/mol. The number of benzene rings is 1. The first-order valence-corrected chi connectivity index (χ1v) is 14.7. The van der Waals surface area contributed by atoms with Gasteiger partial charge in [-0.15, -0.1) is 0 Å². The van der Waals surface area contributed by atoms with Gasteiger partial charge < -0.3 is 25.8 Å². The van der Waals surface area contributed by atoms with Crippen LogP contribution in [0.15, 0.2) is 30.5 Å². The van der Waals surface area contributed by atoms with E-state index >= 15 is 0 Å². The van der Waals surface area contributed by atoms with Crippen LogP contribution < -0.4 is 16.0 Å². The molecule has 0 unspecified atom stereocenters. The number of piperidine rings is 1. The number of hydrogen-bond acceptors (Lipinski definition) is 7. The predicted molar refractivity (Wildman–Crippen MR) is 157 cm³/mol. The van der Waals surface area contributed by atoms with Crippen LogP contribution in [-0.4, -0.2) is 75.9 Å². The Balaban J connectivity index is 1.50. The van der Waals surface area contributed by atoms with Gasteiger partial charge in [0.15, 0.2) is 0 Å². The molecule has 1 aliphatic heterocycles. The van der Waals surface area contributed by atoms with Crippen molar-refractivity contribution in [2.24, 2.45) is 5.92 Å². The van der Waals surface area contributed by atoms with Crippen LogP contribution >= 0.6 is 0 Å². The van der Waals surface area contributed by atoms with Gasteiger partial charge in [0.1, 0.15) is 11.4 Å². The first kappa shape index (κ1) is 31.5. The van der Waals surface area contributed by atoms with Gasteiger partial charge in [-0.25, -0.2) is 4.98 Å². The van der Waals surface area contributed by atoms with Crippen LogP contribution in [0.25, 0.3) is 0 Å². The molecule has 2 fully saturated rings. The summed E-state index contributed by atoms with van der Waals surface area (Å²) >= 11 is 0. The van der Waals surface area contributed by atoms with Gasteiger partial charge in [-0.1, -0.05) is 6.42 Å². The zero-order valence-electron chi connectivity index (χ0n) is 25.0. The lowest BCUT2D eigenvalue weighted by Crippen LogP contribution is -2.49. The second-order valence-corrected chi connectivity index (χ2v) is 11.9. The third-order valence-electron chi connectivity index (χ3n) is 7.96. The third-order valence-corrected chi connectivity index (χ3v) is 7.96. The minimum Gasteiger partial charge on any atom is -0.366 e. The van der Waals surface area contributed by atoms with E-state index in [4.69, 9.17) is 0 Å². The van der Waals surface area contributed by atoms with Gasteiger partial charge in [-0.05, 0) is 97.8 Å². The second-order valence-electron chi connectivity index (χ2n) is 11.9. The molecule has 0 bridgehead atoms. The standard InChI is InChI=1S/C30H42F3N7O2/c1-18(2)35-27(41)23-7-6-8-25(23)37-26-24(30(31,32)33)17-34-29(38-26)36-21-11-9-20(10-12-21)28(42)40(19(3)4)22-13-15-39(5)16-14-22/h9-12,17-19,22-23,25H,6-8,13-16H2,1-5H3,(H,35,41)(H2,34,36,37,38)/t23-,25+/m0/s1. The first-order chi connectivity index (χ1) is 19.8. The number of alkyl halides is 3. The molecular formula is C30H42F3N7O2. The normalized spacial score (nSPS) is 20.1. The third kappa shape index (κ3) is 7.70. The van der Waals surface area contributed by atoms with Crippen molar-refractivity contribution >= 4 is 29.3 Å². The lowest BCUT2D eigenvalue weighted by Gasteiger charge is -2.39. The van der Waals surface area contributed by atoms with Crippen molar-refractivity contribution < 1.29 is 22.8 Å². The highest BCUT2D eigenvalue weighted by Gasteiger charge is 2.39. The van der Waals surface area contributed by atoms with E-state index in [1.807, 2.05) is 32.6 Å². The molecule has 1 saturated carbocycles. The van der Waals surface area contributed by atoms with Crippen molar-refractivity contribution in [1.29, 1.82) is 0 Å². The van der Waals surface area contributed by atoms with E-state index < -0.39 is 23.7 Å². The molecule has 230 valence electrons. The van der Waals surface area contributed by atoms with Crippen molar-refractivity contribution in [3.8, 4) is 0 Å². The topological polar surface area (TPSA) is 102 Å². The van der Waals surface area contributed by atoms with Crippen molar-refractivity contribution in [3.63, 3.8) is 0 Å². The molecule has 12 heteroatoms. The fourth-order valence-electron chi connectivity index (χ4n) is 5.84. The number of nitrogens with zero attached hydrogens (tertiary/aromatic N) is 4. The molecule has 2 heterocycles. The monoisotopic (exact) mass is 589 g/mol. The Morgan fingerprint density at radius 2 is 1.69 bits per heavy atom. The van der Waals surface area contributed by atoms with Crippen LogP contribution in [0.2, 0.25) is 0 Å². The lowest BCUT2D eigenvalue weighted by atomic mass is 10.0. The van der Waals surface area contributed by atoms with E-state index in [1.54, 1.807) is 24.3 Å². The molecule has 2 amide bonds. The summed E-state index contributed by atoms with van der Waals surface area (Å²) < 4.78 is 41.5. The number of carbonyl (C=O) groups excluding carboxylic acids is 2. The predicted octanol–water partition coefficient (Wildman–Crippen LogP) is 5.29. The molecule has 1 aliphatic carbocycles. The molecule has 1 saturated heterocycles. The van der Waals surface area contributed by atoms with Gasteiger partial charge in [-0.2, -0.15) is 18.2 Å². The summed E-state index contributed by atoms with van der Waals surface area (Å²) in [6.45, 7) is 9.62. The SMILES string of the molecule is CC(C)NC(=O)[C@H]1CCC[C@H]1Nc1nc(Nc2ccc(C(=O)N(C(C)C)C3CCN(C)CC3)cc2)ncc1C(F)(F)F. The second kappa shape index (κ2) is 13.3. The summed E-state index contributed by atoms with van der Waals surface area (Å²) in [7, 11) is 2.08. The van der Waals surface area contributed by atoms with Gasteiger partial charge in [0.2, 0.25) is 11.9 Å². The van der Waals surface area contributed by atoms with Gasteiger partial charge >= 0.3 is 6.18 Å². The molecule has 0 radical (unpaired) electrons. The summed E-state index contributed by atoms with van der Waals surface area (Å²) in [4.78, 5) is 38.4. The van der Waals surface area contributed by atoms with Crippen LogP contribution in [0.3, 0.4) is 0 Å². The van der Waals surface area contributed by atoms with Crippen LogP contribution in [0, 0.1) is 5.92 Å². The molecule has 9 nitrogen and oxygen atoms in total. The van der Waals surface area contributed by atoms with Gasteiger partial charge in [0.05, 0.1) is 5.92 Å². The molecule has 42 heavy (non-hydrogen) atoms. The average Bonchev–Trinajstić information content (AvgIpc) is 3.37. The minimum absolute atomic E-state index is 0.0270. The van der Waals surface area contributed by atoms with Gasteiger partial charge in [-0.3, -0.25) is 9.59 Å². The van der Waals surface area contributed by atoms with Crippen LogP contribution in [0.5, 0.6) is 0 Å². The number of anilines is 3. The van der Waals surface area contributed by atoms with Crippen molar-refractivity contribution in [2.45, 2.75) is 90.1 Å². The molecule has 0 spiro atoms. The highest BCUT2D eigenvalue weighted by molar-refractivity contribution is 5.95. The Morgan fingerprint density at radius 1 is 1.02 bits per heavy atom. The summed E-state index contributed by atoms with van der Waals surface area (Å²) in [6.07, 6.45) is -0.214. The Kier molecular flexibility index (Phi) is 9.96. The molecule has 2 atom stereocenters. The van der Waals surface area contributed by atoms with Gasteiger partial charge in [0.25, 0.3) is 5.91 Å². The van der Waals surface area contributed by atoms with Crippen LogP contribution in [-0.2, 0) is 11.0 Å². The number of likely N-dealkylation sites (tertiary alicyclic amines) is 1. The maximum Gasteiger partial charge on any atom is 0.421 e.